The first-order valence-corrected chi connectivity index (χ1v) is 7.96. The predicted octanol–water partition coefficient (Wildman–Crippen LogP) is 0.107. The Hall–Kier alpha value is -1.87. The average molecular weight is 348 g/mol. The van der Waals surface area contributed by atoms with Crippen molar-refractivity contribution < 1.29 is 33.8 Å². The first kappa shape index (κ1) is 22.1. The van der Waals surface area contributed by atoms with Gasteiger partial charge in [-0.25, -0.2) is 9.59 Å². The zero-order valence-electron chi connectivity index (χ0n) is 14.7. The van der Waals surface area contributed by atoms with Gasteiger partial charge in [0.15, 0.2) is 6.54 Å². The van der Waals surface area contributed by atoms with E-state index >= 15 is 0 Å². The van der Waals surface area contributed by atoms with Crippen molar-refractivity contribution in [3.05, 3.63) is 0 Å². The lowest BCUT2D eigenvalue weighted by atomic mass is 10.2. The number of ether oxygens (including phenoxy) is 1. The summed E-state index contributed by atoms with van der Waals surface area (Å²) in [6.07, 6.45) is 0.319. The molecule has 0 aromatic carbocycles. The van der Waals surface area contributed by atoms with Gasteiger partial charge in [0.25, 0.3) is 6.47 Å². The van der Waals surface area contributed by atoms with Gasteiger partial charge >= 0.3 is 12.1 Å². The summed E-state index contributed by atoms with van der Waals surface area (Å²) in [5, 5.41) is 21.9. The number of hydrogen-bond acceptors (Lipinski definition) is 5. The van der Waals surface area contributed by atoms with Gasteiger partial charge < -0.3 is 30.1 Å². The van der Waals surface area contributed by atoms with E-state index in [9.17, 15) is 9.59 Å². The van der Waals surface area contributed by atoms with Crippen LogP contribution in [0.1, 0.15) is 27.2 Å². The van der Waals surface area contributed by atoms with E-state index in [1.165, 1.54) is 0 Å². The summed E-state index contributed by atoms with van der Waals surface area (Å²) in [4.78, 5) is 30.9. The molecule has 0 aromatic heterocycles. The molecule has 0 radical (unpaired) electrons. The van der Waals surface area contributed by atoms with E-state index in [0.717, 1.165) is 39.1 Å². The number of hydrogen-bond donors (Lipinski definition) is 4. The molecule has 1 aliphatic heterocycles. The standard InChI is InChI=1S/C14H27N3O4.CH2O2/c1-14(2,3)21-13(20)16-5-4-8-17(11-12(18)19)9-6-15-7-10-17;2-1-3/h15H,4-11H2,1-3H3,(H-,16,18,19,20);1H,(H,2,3)/p+1. The number of aliphatic carboxylic acids is 1. The summed E-state index contributed by atoms with van der Waals surface area (Å²) < 4.78 is 5.74. The van der Waals surface area contributed by atoms with Crippen molar-refractivity contribution in [3.8, 4) is 0 Å². The second-order valence-corrected chi connectivity index (χ2v) is 6.70. The van der Waals surface area contributed by atoms with Crippen LogP contribution in [0.2, 0.25) is 0 Å². The van der Waals surface area contributed by atoms with Crippen molar-refractivity contribution in [2.24, 2.45) is 0 Å². The maximum Gasteiger partial charge on any atom is 0.407 e. The molecule has 1 amide bonds. The van der Waals surface area contributed by atoms with Crippen LogP contribution in [0.4, 0.5) is 4.79 Å². The molecule has 1 aliphatic rings. The first-order chi connectivity index (χ1) is 11.1. The number of carboxylic acids is 1. The van der Waals surface area contributed by atoms with E-state index in [-0.39, 0.29) is 13.0 Å². The first-order valence-electron chi connectivity index (χ1n) is 7.96. The number of carboxylic acid groups (broad SMARTS) is 2. The van der Waals surface area contributed by atoms with Gasteiger partial charge in [-0.15, -0.1) is 0 Å². The van der Waals surface area contributed by atoms with Crippen LogP contribution < -0.4 is 10.6 Å². The number of carbonyl (C=O) groups is 3. The molecule has 140 valence electrons. The van der Waals surface area contributed by atoms with Gasteiger partial charge in [-0.3, -0.25) is 4.79 Å². The van der Waals surface area contributed by atoms with E-state index in [1.54, 1.807) is 0 Å². The van der Waals surface area contributed by atoms with Crippen molar-refractivity contribution in [1.82, 2.24) is 10.6 Å². The highest BCUT2D eigenvalue weighted by Gasteiger charge is 2.31. The maximum atomic E-state index is 11.5. The third-order valence-electron chi connectivity index (χ3n) is 3.47. The Morgan fingerprint density at radius 1 is 1.29 bits per heavy atom. The Kier molecular flexibility index (Phi) is 9.98. The SMILES string of the molecule is CC(C)(C)OC(=O)NCCC[N+]1(CC(=O)O)CCNCC1.O=CO. The minimum absolute atomic E-state index is 0.147. The Morgan fingerprint density at radius 2 is 1.83 bits per heavy atom. The van der Waals surface area contributed by atoms with Gasteiger partial charge in [0.05, 0.1) is 19.6 Å². The van der Waals surface area contributed by atoms with Crippen LogP contribution in [0.25, 0.3) is 0 Å². The fourth-order valence-electron chi connectivity index (χ4n) is 2.54. The normalized spacial score (nSPS) is 16.3. The van der Waals surface area contributed by atoms with Gasteiger partial charge in [-0.1, -0.05) is 0 Å². The van der Waals surface area contributed by atoms with E-state index in [1.807, 2.05) is 20.8 Å². The zero-order valence-corrected chi connectivity index (χ0v) is 14.7. The fraction of sp³-hybridized carbons (Fsp3) is 0.800. The van der Waals surface area contributed by atoms with Gasteiger partial charge in [0, 0.05) is 26.1 Å². The van der Waals surface area contributed by atoms with Crippen LogP contribution in [0.15, 0.2) is 0 Å². The van der Waals surface area contributed by atoms with E-state index in [2.05, 4.69) is 10.6 Å². The van der Waals surface area contributed by atoms with Gasteiger partial charge in [0.1, 0.15) is 5.60 Å². The van der Waals surface area contributed by atoms with Gasteiger partial charge in [-0.2, -0.15) is 0 Å². The topological polar surface area (TPSA) is 125 Å². The molecule has 0 unspecified atom stereocenters. The summed E-state index contributed by atoms with van der Waals surface area (Å²) in [7, 11) is 0. The summed E-state index contributed by atoms with van der Waals surface area (Å²) in [5.74, 6) is -0.767. The van der Waals surface area contributed by atoms with E-state index < -0.39 is 17.7 Å². The molecule has 1 saturated heterocycles. The zero-order chi connectivity index (χ0) is 18.6. The van der Waals surface area contributed by atoms with Gasteiger partial charge in [0.2, 0.25) is 0 Å². The largest absolute Gasteiger partial charge is 0.483 e. The number of alkyl carbamates (subject to hydrolysis) is 1. The number of nitrogens with one attached hydrogen (secondary N) is 2. The fourth-order valence-corrected chi connectivity index (χ4v) is 2.54. The number of amides is 1. The van der Waals surface area contributed by atoms with Crippen molar-refractivity contribution in [2.45, 2.75) is 32.8 Å². The average Bonchev–Trinajstić information content (AvgIpc) is 2.43. The van der Waals surface area contributed by atoms with Crippen LogP contribution in [0, 0.1) is 0 Å². The molecule has 1 rings (SSSR count). The van der Waals surface area contributed by atoms with E-state index in [0.29, 0.717) is 11.0 Å². The predicted molar refractivity (Wildman–Crippen MR) is 87.8 cm³/mol. The molecule has 1 fully saturated rings. The third-order valence-corrected chi connectivity index (χ3v) is 3.47. The van der Waals surface area contributed by atoms with Crippen molar-refractivity contribution >= 4 is 18.5 Å². The summed E-state index contributed by atoms with van der Waals surface area (Å²) in [5.41, 5.74) is -0.500. The highest BCUT2D eigenvalue weighted by molar-refractivity contribution is 5.68. The Balaban J connectivity index is 0.00000163. The van der Waals surface area contributed by atoms with Crippen molar-refractivity contribution in [2.75, 3.05) is 45.8 Å². The Bertz CT molecular complexity index is 403. The number of nitrogens with zero attached hydrogens (tertiary/aromatic N) is 1. The maximum absolute atomic E-state index is 11.5. The molecular formula is C15H30N3O6+. The molecule has 0 aromatic rings. The summed E-state index contributed by atoms with van der Waals surface area (Å²) in [6.45, 7) is 9.93. The lowest BCUT2D eigenvalue weighted by Crippen LogP contribution is -2.61. The number of rotatable bonds is 6. The van der Waals surface area contributed by atoms with Crippen LogP contribution in [0.5, 0.6) is 0 Å². The molecule has 0 atom stereocenters. The summed E-state index contributed by atoms with van der Waals surface area (Å²) in [6, 6.07) is 0. The molecular weight excluding hydrogens is 318 g/mol. The molecule has 1 heterocycles. The lowest BCUT2D eigenvalue weighted by Gasteiger charge is -2.40. The molecule has 0 aliphatic carbocycles. The smallest absolute Gasteiger partial charge is 0.407 e. The number of carbonyl (C=O) groups excluding carboxylic acids is 1. The van der Waals surface area contributed by atoms with Crippen molar-refractivity contribution in [3.63, 3.8) is 0 Å². The molecule has 0 saturated carbocycles. The molecule has 0 spiro atoms. The number of quaternary nitrogens is 1. The highest BCUT2D eigenvalue weighted by atomic mass is 16.6. The lowest BCUT2D eigenvalue weighted by molar-refractivity contribution is -0.923. The third kappa shape index (κ3) is 10.8. The van der Waals surface area contributed by atoms with E-state index in [4.69, 9.17) is 19.7 Å². The van der Waals surface area contributed by atoms with Gasteiger partial charge in [-0.05, 0) is 20.8 Å². The minimum Gasteiger partial charge on any atom is -0.483 e. The van der Waals surface area contributed by atoms with Crippen LogP contribution in [0.3, 0.4) is 0 Å². The Morgan fingerprint density at radius 3 is 2.29 bits per heavy atom. The van der Waals surface area contributed by atoms with Crippen LogP contribution >= 0.6 is 0 Å². The highest BCUT2D eigenvalue weighted by Crippen LogP contribution is 2.10. The minimum atomic E-state index is -0.767. The Labute approximate surface area is 142 Å². The molecule has 0 bridgehead atoms. The van der Waals surface area contributed by atoms with Crippen LogP contribution in [-0.4, -0.2) is 84.6 Å². The number of piperazine rings is 1. The second kappa shape index (κ2) is 10.8. The van der Waals surface area contributed by atoms with Crippen LogP contribution in [-0.2, 0) is 14.3 Å². The molecule has 24 heavy (non-hydrogen) atoms. The second-order valence-electron chi connectivity index (χ2n) is 6.70. The quantitative estimate of drug-likeness (QED) is 0.305. The summed E-state index contributed by atoms with van der Waals surface area (Å²) >= 11 is 0. The monoisotopic (exact) mass is 348 g/mol. The van der Waals surface area contributed by atoms with Crippen molar-refractivity contribution in [1.29, 1.82) is 0 Å². The molecule has 9 heteroatoms. The molecule has 4 N–H and O–H groups in total. The molecule has 9 nitrogen and oxygen atoms in total.